The van der Waals surface area contributed by atoms with Gasteiger partial charge in [0.1, 0.15) is 11.4 Å². The minimum Gasteiger partial charge on any atom is -0.485 e. The van der Waals surface area contributed by atoms with Gasteiger partial charge in [0, 0.05) is 36.8 Å². The van der Waals surface area contributed by atoms with Crippen molar-refractivity contribution in [3.05, 3.63) is 53.3 Å². The van der Waals surface area contributed by atoms with Crippen molar-refractivity contribution in [2.45, 2.75) is 26.2 Å². The second kappa shape index (κ2) is 7.99. The van der Waals surface area contributed by atoms with E-state index in [0.717, 1.165) is 25.9 Å². The van der Waals surface area contributed by atoms with Crippen LogP contribution >= 0.6 is 0 Å². The summed E-state index contributed by atoms with van der Waals surface area (Å²) in [6.07, 6.45) is 4.03. The lowest BCUT2D eigenvalue weighted by Gasteiger charge is -2.13. The summed E-state index contributed by atoms with van der Waals surface area (Å²) in [5.74, 6) is 0.305. The molecule has 0 atom stereocenters. The fourth-order valence-electron chi connectivity index (χ4n) is 2.94. The van der Waals surface area contributed by atoms with Gasteiger partial charge in [0.05, 0.1) is 0 Å². The van der Waals surface area contributed by atoms with E-state index in [9.17, 15) is 14.4 Å². The number of hydrogen-bond donors (Lipinski definition) is 1. The topological polar surface area (TPSA) is 79.5 Å². The zero-order chi connectivity index (χ0) is 18.5. The van der Waals surface area contributed by atoms with Gasteiger partial charge in [-0.1, -0.05) is 6.92 Å². The van der Waals surface area contributed by atoms with Gasteiger partial charge in [-0.05, 0) is 43.2 Å². The van der Waals surface area contributed by atoms with Crippen LogP contribution in [0.5, 0.6) is 5.75 Å². The van der Waals surface area contributed by atoms with Crippen LogP contribution in [-0.4, -0.2) is 47.1 Å². The predicted molar refractivity (Wildman–Crippen MR) is 96.8 cm³/mol. The lowest BCUT2D eigenvalue weighted by molar-refractivity contribution is 0.0787. The van der Waals surface area contributed by atoms with E-state index in [1.165, 1.54) is 6.20 Å². The van der Waals surface area contributed by atoms with Crippen LogP contribution in [0.15, 0.2) is 36.5 Å². The first-order valence-corrected chi connectivity index (χ1v) is 8.85. The number of ketones is 2. The number of carbonyl (C=O) groups excluding carboxylic acids is 3. The van der Waals surface area contributed by atoms with E-state index in [0.29, 0.717) is 29.0 Å². The molecule has 2 heterocycles. The van der Waals surface area contributed by atoms with Gasteiger partial charge in [-0.15, -0.1) is 0 Å². The zero-order valence-corrected chi connectivity index (χ0v) is 14.8. The summed E-state index contributed by atoms with van der Waals surface area (Å²) in [6, 6.07) is 8.31. The number of hydrogen-bond acceptors (Lipinski definition) is 4. The van der Waals surface area contributed by atoms with Gasteiger partial charge in [0.25, 0.3) is 5.91 Å². The SMILES string of the molecule is CCC(=O)c1ccc(OCC(=O)c2c[nH]c(C(=O)N3CCCC3)c2)cc1. The third-order valence-corrected chi connectivity index (χ3v) is 4.50. The first kappa shape index (κ1) is 17.9. The maximum absolute atomic E-state index is 12.3. The predicted octanol–water partition coefficient (Wildman–Crippen LogP) is 3.11. The number of aromatic nitrogens is 1. The van der Waals surface area contributed by atoms with Crippen LogP contribution < -0.4 is 4.74 Å². The molecule has 3 rings (SSSR count). The second-order valence-corrected chi connectivity index (χ2v) is 6.31. The van der Waals surface area contributed by atoms with Crippen LogP contribution in [0.4, 0.5) is 0 Å². The standard InChI is InChI=1S/C20H22N2O4/c1-2-18(23)14-5-7-16(8-6-14)26-13-19(24)15-11-17(21-12-15)20(25)22-9-3-4-10-22/h5-8,11-12,21H,2-4,9-10,13H2,1H3. The largest absolute Gasteiger partial charge is 0.485 e. The Kier molecular flexibility index (Phi) is 5.51. The molecule has 0 spiro atoms. The summed E-state index contributed by atoms with van der Waals surface area (Å²) in [5, 5.41) is 0. The molecule has 1 aliphatic heterocycles. The molecule has 0 unspecified atom stereocenters. The Morgan fingerprint density at radius 1 is 1.04 bits per heavy atom. The number of H-pyrrole nitrogens is 1. The van der Waals surface area contributed by atoms with E-state index in [1.54, 1.807) is 35.2 Å². The van der Waals surface area contributed by atoms with Crippen LogP contribution in [0.2, 0.25) is 0 Å². The summed E-state index contributed by atoms with van der Waals surface area (Å²) in [7, 11) is 0. The Morgan fingerprint density at radius 2 is 1.73 bits per heavy atom. The minimum atomic E-state index is -0.213. The Morgan fingerprint density at radius 3 is 2.38 bits per heavy atom. The molecule has 1 saturated heterocycles. The Labute approximate surface area is 152 Å². The zero-order valence-electron chi connectivity index (χ0n) is 14.8. The molecule has 1 aromatic heterocycles. The van der Waals surface area contributed by atoms with Gasteiger partial charge in [0.2, 0.25) is 5.78 Å². The number of aromatic amines is 1. The highest BCUT2D eigenvalue weighted by Crippen LogP contribution is 2.16. The van der Waals surface area contributed by atoms with Crippen LogP contribution in [0.25, 0.3) is 0 Å². The van der Waals surface area contributed by atoms with E-state index in [1.807, 2.05) is 6.92 Å². The third kappa shape index (κ3) is 4.02. The highest BCUT2D eigenvalue weighted by molar-refractivity contribution is 6.01. The lowest BCUT2D eigenvalue weighted by atomic mass is 10.1. The first-order chi connectivity index (χ1) is 12.6. The molecule has 1 aromatic carbocycles. The van der Waals surface area contributed by atoms with E-state index >= 15 is 0 Å². The highest BCUT2D eigenvalue weighted by atomic mass is 16.5. The average molecular weight is 354 g/mol. The van der Waals surface area contributed by atoms with Crippen molar-refractivity contribution in [3.63, 3.8) is 0 Å². The van der Waals surface area contributed by atoms with Crippen LogP contribution in [0.3, 0.4) is 0 Å². The maximum atomic E-state index is 12.3. The monoisotopic (exact) mass is 354 g/mol. The van der Waals surface area contributed by atoms with Crippen molar-refractivity contribution >= 4 is 17.5 Å². The summed E-state index contributed by atoms with van der Waals surface area (Å²) in [5.41, 5.74) is 1.48. The van der Waals surface area contributed by atoms with Crippen molar-refractivity contribution < 1.29 is 19.1 Å². The second-order valence-electron chi connectivity index (χ2n) is 6.31. The number of likely N-dealkylation sites (tertiary alicyclic amines) is 1. The molecule has 1 N–H and O–H groups in total. The minimum absolute atomic E-state index is 0.0650. The molecule has 0 radical (unpaired) electrons. The molecule has 136 valence electrons. The number of nitrogens with zero attached hydrogens (tertiary/aromatic N) is 1. The van der Waals surface area contributed by atoms with Gasteiger partial charge in [-0.3, -0.25) is 14.4 Å². The van der Waals surface area contributed by atoms with Crippen molar-refractivity contribution in [2.24, 2.45) is 0 Å². The van der Waals surface area contributed by atoms with E-state index in [-0.39, 0.29) is 24.1 Å². The van der Waals surface area contributed by atoms with Crippen molar-refractivity contribution in [1.82, 2.24) is 9.88 Å². The summed E-state index contributed by atoms with van der Waals surface area (Å²) >= 11 is 0. The summed E-state index contributed by atoms with van der Waals surface area (Å²) in [4.78, 5) is 40.8. The molecule has 0 aliphatic carbocycles. The maximum Gasteiger partial charge on any atom is 0.270 e. The highest BCUT2D eigenvalue weighted by Gasteiger charge is 2.21. The molecule has 0 saturated carbocycles. The molecule has 0 bridgehead atoms. The Hall–Kier alpha value is -2.89. The quantitative estimate of drug-likeness (QED) is 0.775. The first-order valence-electron chi connectivity index (χ1n) is 8.85. The molecule has 6 heteroatoms. The molecule has 6 nitrogen and oxygen atoms in total. The van der Waals surface area contributed by atoms with Crippen molar-refractivity contribution in [1.29, 1.82) is 0 Å². The van der Waals surface area contributed by atoms with E-state index in [4.69, 9.17) is 4.74 Å². The Balaban J connectivity index is 1.56. The number of rotatable bonds is 7. The van der Waals surface area contributed by atoms with Gasteiger partial charge < -0.3 is 14.6 Å². The lowest BCUT2D eigenvalue weighted by Crippen LogP contribution is -2.27. The summed E-state index contributed by atoms with van der Waals surface area (Å²) < 4.78 is 5.49. The molecule has 2 aromatic rings. The van der Waals surface area contributed by atoms with Crippen molar-refractivity contribution in [2.75, 3.05) is 19.7 Å². The summed E-state index contributed by atoms with van der Waals surface area (Å²) in [6.45, 7) is 3.21. The number of ether oxygens (including phenoxy) is 1. The number of benzene rings is 1. The Bertz CT molecular complexity index is 801. The van der Waals surface area contributed by atoms with Crippen LogP contribution in [-0.2, 0) is 0 Å². The van der Waals surface area contributed by atoms with Gasteiger partial charge in [0.15, 0.2) is 12.4 Å². The average Bonchev–Trinajstić information content (AvgIpc) is 3.37. The fourth-order valence-corrected chi connectivity index (χ4v) is 2.94. The third-order valence-electron chi connectivity index (χ3n) is 4.50. The molecule has 1 amide bonds. The molecular weight excluding hydrogens is 332 g/mol. The number of nitrogens with one attached hydrogen (secondary N) is 1. The van der Waals surface area contributed by atoms with E-state index in [2.05, 4.69) is 4.98 Å². The smallest absolute Gasteiger partial charge is 0.270 e. The van der Waals surface area contributed by atoms with Gasteiger partial charge in [-0.25, -0.2) is 0 Å². The molecular formula is C20H22N2O4. The van der Waals surface area contributed by atoms with Crippen LogP contribution in [0, 0.1) is 0 Å². The van der Waals surface area contributed by atoms with Gasteiger partial charge in [-0.2, -0.15) is 0 Å². The number of carbonyl (C=O) groups is 3. The van der Waals surface area contributed by atoms with Gasteiger partial charge >= 0.3 is 0 Å². The normalized spacial score (nSPS) is 13.7. The van der Waals surface area contributed by atoms with E-state index < -0.39 is 0 Å². The number of Topliss-reactive ketones (excluding diaryl/α,β-unsaturated/α-hetero) is 2. The molecule has 1 fully saturated rings. The van der Waals surface area contributed by atoms with Crippen LogP contribution in [0.1, 0.15) is 57.4 Å². The molecule has 1 aliphatic rings. The number of amides is 1. The molecule has 26 heavy (non-hydrogen) atoms. The van der Waals surface area contributed by atoms with Crippen molar-refractivity contribution in [3.8, 4) is 5.75 Å². The fraction of sp³-hybridized carbons (Fsp3) is 0.350.